The Morgan fingerprint density at radius 1 is 1.14 bits per heavy atom. The van der Waals surface area contributed by atoms with Crippen LogP contribution in [-0.2, 0) is 11.2 Å². The zero-order valence-electron chi connectivity index (χ0n) is 12.3. The van der Waals surface area contributed by atoms with Gasteiger partial charge in [0.15, 0.2) is 0 Å². The van der Waals surface area contributed by atoms with E-state index in [-0.39, 0.29) is 12.3 Å². The van der Waals surface area contributed by atoms with Crippen LogP contribution in [-0.4, -0.2) is 17.0 Å². The van der Waals surface area contributed by atoms with Gasteiger partial charge in [0.05, 0.1) is 17.0 Å². The molecule has 0 spiro atoms. The molecule has 0 bridgehead atoms. The fourth-order valence-electron chi connectivity index (χ4n) is 2.09. The number of aliphatic carboxylic acids is 1. The third kappa shape index (κ3) is 3.86. The van der Waals surface area contributed by atoms with Gasteiger partial charge in [0, 0.05) is 5.69 Å². The third-order valence-electron chi connectivity index (χ3n) is 3.37. The summed E-state index contributed by atoms with van der Waals surface area (Å²) >= 11 is 6.12. The van der Waals surface area contributed by atoms with Crippen molar-refractivity contribution in [1.29, 1.82) is 0 Å². The Kier molecular flexibility index (Phi) is 4.83. The summed E-state index contributed by atoms with van der Waals surface area (Å²) in [5.74, 6) is -1.23. The van der Waals surface area contributed by atoms with Crippen molar-refractivity contribution in [1.82, 2.24) is 0 Å². The molecule has 2 aromatic carbocycles. The van der Waals surface area contributed by atoms with Crippen molar-refractivity contribution in [2.75, 3.05) is 5.32 Å². The summed E-state index contributed by atoms with van der Waals surface area (Å²) in [6, 6.07) is 10.3. The quantitative estimate of drug-likeness (QED) is 0.900. The first-order valence-corrected chi connectivity index (χ1v) is 7.13. The fourth-order valence-corrected chi connectivity index (χ4v) is 2.39. The normalized spacial score (nSPS) is 10.3. The molecule has 2 N–H and O–H groups in total. The van der Waals surface area contributed by atoms with E-state index in [1.165, 1.54) is 0 Å². The number of nitrogens with one attached hydrogen (secondary N) is 1. The number of amides is 1. The summed E-state index contributed by atoms with van der Waals surface area (Å²) in [7, 11) is 0. The Bertz CT molecular complexity index is 741. The standard InChI is InChI=1S/C17H16ClNO3/c1-10-6-14(15(18)7-11(10)2)17(22)19-13-5-3-4-12(8-13)9-16(20)21/h3-8H,9H2,1-2H3,(H,19,22)(H,20,21). The minimum absolute atomic E-state index is 0.0892. The van der Waals surface area contributed by atoms with Gasteiger partial charge in [0.25, 0.3) is 5.91 Å². The van der Waals surface area contributed by atoms with Crippen molar-refractivity contribution in [3.63, 3.8) is 0 Å². The van der Waals surface area contributed by atoms with Gasteiger partial charge >= 0.3 is 5.97 Å². The maximum atomic E-state index is 12.3. The summed E-state index contributed by atoms with van der Waals surface area (Å²) in [4.78, 5) is 23.1. The summed E-state index contributed by atoms with van der Waals surface area (Å²) in [5, 5.41) is 11.9. The number of halogens is 1. The molecule has 0 aliphatic carbocycles. The number of carbonyl (C=O) groups is 2. The lowest BCUT2D eigenvalue weighted by atomic mass is 10.1. The summed E-state index contributed by atoms with van der Waals surface area (Å²) in [6.07, 6.45) is -0.0892. The van der Waals surface area contributed by atoms with E-state index in [0.717, 1.165) is 11.1 Å². The second-order valence-electron chi connectivity index (χ2n) is 5.14. The molecule has 114 valence electrons. The zero-order valence-corrected chi connectivity index (χ0v) is 13.1. The smallest absolute Gasteiger partial charge is 0.307 e. The molecule has 4 nitrogen and oxygen atoms in total. The van der Waals surface area contributed by atoms with E-state index in [9.17, 15) is 9.59 Å². The van der Waals surface area contributed by atoms with Gasteiger partial charge in [-0.15, -0.1) is 0 Å². The molecular weight excluding hydrogens is 302 g/mol. The largest absolute Gasteiger partial charge is 0.481 e. The lowest BCUT2D eigenvalue weighted by molar-refractivity contribution is -0.136. The highest BCUT2D eigenvalue weighted by atomic mass is 35.5. The molecule has 0 atom stereocenters. The second-order valence-corrected chi connectivity index (χ2v) is 5.55. The SMILES string of the molecule is Cc1cc(Cl)c(C(=O)Nc2cccc(CC(=O)O)c2)cc1C. The highest BCUT2D eigenvalue weighted by Gasteiger charge is 2.12. The predicted molar refractivity (Wildman–Crippen MR) is 86.7 cm³/mol. The molecule has 1 amide bonds. The summed E-state index contributed by atoms with van der Waals surface area (Å²) in [6.45, 7) is 3.84. The molecule has 0 fully saturated rings. The Morgan fingerprint density at radius 2 is 1.82 bits per heavy atom. The van der Waals surface area contributed by atoms with Crippen LogP contribution in [0.4, 0.5) is 5.69 Å². The fraction of sp³-hybridized carbons (Fsp3) is 0.176. The van der Waals surface area contributed by atoms with Crippen molar-refractivity contribution in [2.24, 2.45) is 0 Å². The number of carbonyl (C=O) groups excluding carboxylic acids is 1. The number of hydrogen-bond acceptors (Lipinski definition) is 2. The number of hydrogen-bond donors (Lipinski definition) is 2. The molecule has 0 radical (unpaired) electrons. The van der Waals surface area contributed by atoms with E-state index in [4.69, 9.17) is 16.7 Å². The number of carboxylic acids is 1. The van der Waals surface area contributed by atoms with E-state index in [1.54, 1.807) is 36.4 Å². The lowest BCUT2D eigenvalue weighted by Crippen LogP contribution is -2.13. The van der Waals surface area contributed by atoms with Gasteiger partial charge in [0.2, 0.25) is 0 Å². The highest BCUT2D eigenvalue weighted by Crippen LogP contribution is 2.22. The van der Waals surface area contributed by atoms with Crippen molar-refractivity contribution < 1.29 is 14.7 Å². The molecule has 22 heavy (non-hydrogen) atoms. The summed E-state index contributed by atoms with van der Waals surface area (Å²) < 4.78 is 0. The predicted octanol–water partition coefficient (Wildman–Crippen LogP) is 3.84. The Balaban J connectivity index is 2.22. The van der Waals surface area contributed by atoms with Crippen LogP contribution in [0.5, 0.6) is 0 Å². The van der Waals surface area contributed by atoms with Gasteiger partial charge in [-0.25, -0.2) is 0 Å². The van der Waals surface area contributed by atoms with E-state index >= 15 is 0 Å². The average molecular weight is 318 g/mol. The second kappa shape index (κ2) is 6.62. The molecule has 2 rings (SSSR count). The van der Waals surface area contributed by atoms with Crippen LogP contribution in [0, 0.1) is 13.8 Å². The molecule has 5 heteroatoms. The van der Waals surface area contributed by atoms with Crippen molar-refractivity contribution in [3.8, 4) is 0 Å². The molecule has 2 aromatic rings. The van der Waals surface area contributed by atoms with Gasteiger partial charge in [-0.05, 0) is 54.8 Å². The monoisotopic (exact) mass is 317 g/mol. The lowest BCUT2D eigenvalue weighted by Gasteiger charge is -2.10. The Morgan fingerprint density at radius 3 is 2.50 bits per heavy atom. The number of carboxylic acid groups (broad SMARTS) is 1. The first kappa shape index (κ1) is 16.0. The molecule has 0 aromatic heterocycles. The van der Waals surface area contributed by atoms with Gasteiger partial charge in [0.1, 0.15) is 0 Å². The van der Waals surface area contributed by atoms with Crippen LogP contribution in [0.15, 0.2) is 36.4 Å². The molecule has 0 saturated carbocycles. The van der Waals surface area contributed by atoms with E-state index < -0.39 is 5.97 Å². The minimum Gasteiger partial charge on any atom is -0.481 e. The molecular formula is C17H16ClNO3. The van der Waals surface area contributed by atoms with E-state index in [1.807, 2.05) is 13.8 Å². The third-order valence-corrected chi connectivity index (χ3v) is 3.68. The topological polar surface area (TPSA) is 66.4 Å². The van der Waals surface area contributed by atoms with E-state index in [2.05, 4.69) is 5.32 Å². The van der Waals surface area contributed by atoms with Gasteiger partial charge < -0.3 is 10.4 Å². The first-order valence-electron chi connectivity index (χ1n) is 6.75. The van der Waals surface area contributed by atoms with Crippen LogP contribution < -0.4 is 5.32 Å². The molecule has 0 aliphatic rings. The number of anilines is 1. The Hall–Kier alpha value is -2.33. The van der Waals surface area contributed by atoms with Crippen molar-refractivity contribution in [3.05, 3.63) is 63.7 Å². The maximum absolute atomic E-state index is 12.3. The highest BCUT2D eigenvalue weighted by molar-refractivity contribution is 6.34. The van der Waals surface area contributed by atoms with Crippen molar-refractivity contribution >= 4 is 29.2 Å². The van der Waals surface area contributed by atoms with Crippen LogP contribution in [0.1, 0.15) is 27.0 Å². The van der Waals surface area contributed by atoms with Crippen LogP contribution >= 0.6 is 11.6 Å². The molecule has 0 aliphatic heterocycles. The average Bonchev–Trinajstić information content (AvgIpc) is 2.42. The maximum Gasteiger partial charge on any atom is 0.307 e. The van der Waals surface area contributed by atoms with E-state index in [0.29, 0.717) is 21.8 Å². The van der Waals surface area contributed by atoms with Crippen LogP contribution in [0.2, 0.25) is 5.02 Å². The van der Waals surface area contributed by atoms with Crippen LogP contribution in [0.3, 0.4) is 0 Å². The summed E-state index contributed by atoms with van der Waals surface area (Å²) in [5.41, 5.74) is 3.56. The Labute approximate surface area is 133 Å². The molecule has 0 heterocycles. The molecule has 0 saturated heterocycles. The number of aryl methyl sites for hydroxylation is 2. The van der Waals surface area contributed by atoms with Gasteiger partial charge in [-0.2, -0.15) is 0 Å². The van der Waals surface area contributed by atoms with Crippen LogP contribution in [0.25, 0.3) is 0 Å². The van der Waals surface area contributed by atoms with Crippen molar-refractivity contribution in [2.45, 2.75) is 20.3 Å². The minimum atomic E-state index is -0.916. The molecule has 0 unspecified atom stereocenters. The van der Waals surface area contributed by atoms with Gasteiger partial charge in [-0.1, -0.05) is 23.7 Å². The zero-order chi connectivity index (χ0) is 16.3. The van der Waals surface area contributed by atoms with Gasteiger partial charge in [-0.3, -0.25) is 9.59 Å². The number of benzene rings is 2. The number of rotatable bonds is 4. The first-order chi connectivity index (χ1) is 10.4.